The number of ketones is 2. The summed E-state index contributed by atoms with van der Waals surface area (Å²) in [4.78, 5) is 27.0. The van der Waals surface area contributed by atoms with Crippen LogP contribution in [0.4, 0.5) is 8.78 Å². The van der Waals surface area contributed by atoms with E-state index in [1.54, 1.807) is 66.9 Å². The zero-order valence-electron chi connectivity index (χ0n) is 17.3. The Balaban J connectivity index is 0.000000142. The molecule has 1 aliphatic heterocycles. The Kier molecular flexibility index (Phi) is 4.95. The standard InChI is InChI=1S/C14H8O2.C12H6F2N2O2/c15-13-9-5-1-2-6-10(9)14(16)12-8-4-3-7-11(12)13;13-12(14)17-10-3-1-2-8(11(10)18-12)9-6-16-5-7(9)4-15/h1-8H;1-3,5-6,16H. The minimum atomic E-state index is -3.67. The summed E-state index contributed by atoms with van der Waals surface area (Å²) in [5, 5.41) is 8.93. The molecule has 0 bridgehead atoms. The molecule has 1 N–H and O–H groups in total. The molecule has 0 spiro atoms. The van der Waals surface area contributed by atoms with Gasteiger partial charge in [0.25, 0.3) is 0 Å². The SMILES string of the molecule is N#Cc1c[nH]cc1-c1cccc2c1OC(F)(F)O2.O=C1c2ccccc2C(=O)c2ccccc21. The lowest BCUT2D eigenvalue weighted by Crippen LogP contribution is -2.26. The van der Waals surface area contributed by atoms with Crippen LogP contribution in [0.5, 0.6) is 11.5 Å². The van der Waals surface area contributed by atoms with E-state index in [0.717, 1.165) is 0 Å². The van der Waals surface area contributed by atoms with Crippen LogP contribution in [0.2, 0.25) is 0 Å². The van der Waals surface area contributed by atoms with Gasteiger partial charge in [-0.15, -0.1) is 8.78 Å². The van der Waals surface area contributed by atoms with E-state index in [-0.39, 0.29) is 23.1 Å². The first kappa shape index (κ1) is 21.1. The number of fused-ring (bicyclic) bond motifs is 3. The molecule has 0 fully saturated rings. The van der Waals surface area contributed by atoms with Crippen LogP contribution in [0.3, 0.4) is 0 Å². The molecule has 166 valence electrons. The molecular formula is C26H14F2N2O4. The number of aromatic amines is 1. The summed E-state index contributed by atoms with van der Waals surface area (Å²) >= 11 is 0. The molecule has 1 aromatic heterocycles. The van der Waals surface area contributed by atoms with Gasteiger partial charge in [0, 0.05) is 45.8 Å². The monoisotopic (exact) mass is 456 g/mol. The third-order valence-corrected chi connectivity index (χ3v) is 5.42. The molecular weight excluding hydrogens is 442 g/mol. The molecule has 3 aromatic carbocycles. The molecule has 0 amide bonds. The Morgan fingerprint density at radius 1 is 0.706 bits per heavy atom. The van der Waals surface area contributed by atoms with Crippen molar-refractivity contribution < 1.29 is 27.8 Å². The topological polar surface area (TPSA) is 92.2 Å². The van der Waals surface area contributed by atoms with Crippen molar-refractivity contribution in [2.45, 2.75) is 6.29 Å². The van der Waals surface area contributed by atoms with Crippen molar-refractivity contribution in [3.05, 3.63) is 107 Å². The minimum Gasteiger partial charge on any atom is -0.395 e. The van der Waals surface area contributed by atoms with Gasteiger partial charge in [-0.25, -0.2) is 0 Å². The molecule has 0 saturated heterocycles. The maximum Gasteiger partial charge on any atom is 0.586 e. The van der Waals surface area contributed by atoms with Gasteiger partial charge < -0.3 is 14.5 Å². The number of halogens is 2. The van der Waals surface area contributed by atoms with E-state index in [4.69, 9.17) is 5.26 Å². The number of benzene rings is 3. The van der Waals surface area contributed by atoms with E-state index < -0.39 is 6.29 Å². The molecule has 0 radical (unpaired) electrons. The second-order valence-electron chi connectivity index (χ2n) is 7.44. The summed E-state index contributed by atoms with van der Waals surface area (Å²) in [6.45, 7) is 0. The van der Waals surface area contributed by atoms with Crippen molar-refractivity contribution in [2.24, 2.45) is 0 Å². The number of para-hydroxylation sites is 1. The highest BCUT2D eigenvalue weighted by Gasteiger charge is 2.44. The van der Waals surface area contributed by atoms with Gasteiger partial charge in [0.05, 0.1) is 5.56 Å². The summed E-state index contributed by atoms with van der Waals surface area (Å²) in [6, 6.07) is 20.4. The predicted molar refractivity (Wildman–Crippen MR) is 117 cm³/mol. The van der Waals surface area contributed by atoms with Crippen molar-refractivity contribution in [1.82, 2.24) is 4.98 Å². The largest absolute Gasteiger partial charge is 0.586 e. The van der Waals surface area contributed by atoms with Gasteiger partial charge in [0.2, 0.25) is 0 Å². The van der Waals surface area contributed by atoms with Crippen molar-refractivity contribution >= 4 is 11.6 Å². The van der Waals surface area contributed by atoms with Gasteiger partial charge in [0.1, 0.15) is 6.07 Å². The van der Waals surface area contributed by atoms with Gasteiger partial charge in [0.15, 0.2) is 23.1 Å². The normalized spacial score (nSPS) is 14.4. The number of nitriles is 1. The molecule has 4 aromatic rings. The van der Waals surface area contributed by atoms with E-state index in [9.17, 15) is 18.4 Å². The number of aromatic nitrogens is 1. The maximum absolute atomic E-state index is 13.0. The molecule has 2 aliphatic rings. The van der Waals surface area contributed by atoms with E-state index >= 15 is 0 Å². The quantitative estimate of drug-likeness (QED) is 0.368. The smallest absolute Gasteiger partial charge is 0.395 e. The molecule has 6 nitrogen and oxygen atoms in total. The highest BCUT2D eigenvalue weighted by atomic mass is 19.3. The van der Waals surface area contributed by atoms with Gasteiger partial charge in [-0.1, -0.05) is 60.7 Å². The number of carbonyl (C=O) groups is 2. The molecule has 0 atom stereocenters. The van der Waals surface area contributed by atoms with Crippen molar-refractivity contribution in [3.63, 3.8) is 0 Å². The van der Waals surface area contributed by atoms with Crippen LogP contribution in [-0.2, 0) is 0 Å². The summed E-state index contributed by atoms with van der Waals surface area (Å²) < 4.78 is 34.9. The Morgan fingerprint density at radius 3 is 1.76 bits per heavy atom. The van der Waals surface area contributed by atoms with Crippen LogP contribution in [0.1, 0.15) is 37.4 Å². The average molecular weight is 456 g/mol. The summed E-state index contributed by atoms with van der Waals surface area (Å²) in [5.41, 5.74) is 3.26. The second kappa shape index (κ2) is 7.98. The molecule has 0 unspecified atom stereocenters. The van der Waals surface area contributed by atoms with Gasteiger partial charge in [-0.3, -0.25) is 9.59 Å². The first-order chi connectivity index (χ1) is 16.4. The molecule has 34 heavy (non-hydrogen) atoms. The van der Waals surface area contributed by atoms with E-state index in [1.807, 2.05) is 6.07 Å². The summed E-state index contributed by atoms with van der Waals surface area (Å²) in [6.07, 6.45) is -0.627. The number of ether oxygens (including phenoxy) is 2. The van der Waals surface area contributed by atoms with Crippen LogP contribution >= 0.6 is 0 Å². The van der Waals surface area contributed by atoms with Gasteiger partial charge in [-0.05, 0) is 6.07 Å². The molecule has 2 heterocycles. The predicted octanol–water partition coefficient (Wildman–Crippen LogP) is 5.34. The van der Waals surface area contributed by atoms with Crippen molar-refractivity contribution in [2.75, 3.05) is 0 Å². The van der Waals surface area contributed by atoms with Crippen LogP contribution in [-0.4, -0.2) is 22.8 Å². The third-order valence-electron chi connectivity index (χ3n) is 5.42. The van der Waals surface area contributed by atoms with E-state index in [1.165, 1.54) is 12.3 Å². The number of hydrogen-bond donors (Lipinski definition) is 1. The van der Waals surface area contributed by atoms with Crippen LogP contribution < -0.4 is 9.47 Å². The Hall–Kier alpha value is -4.77. The Bertz CT molecular complexity index is 1400. The Labute approximate surface area is 192 Å². The fraction of sp³-hybridized carbons (Fsp3) is 0.0385. The molecule has 1 aliphatic carbocycles. The van der Waals surface area contributed by atoms with Crippen molar-refractivity contribution in [1.29, 1.82) is 5.26 Å². The summed E-state index contributed by atoms with van der Waals surface area (Å²) in [5.74, 6) is -0.224. The second-order valence-corrected chi connectivity index (χ2v) is 7.44. The number of hydrogen-bond acceptors (Lipinski definition) is 5. The summed E-state index contributed by atoms with van der Waals surface area (Å²) in [7, 11) is 0. The van der Waals surface area contributed by atoms with Crippen LogP contribution in [0.15, 0.2) is 79.1 Å². The van der Waals surface area contributed by atoms with Gasteiger partial charge >= 0.3 is 6.29 Å². The van der Waals surface area contributed by atoms with E-state index in [2.05, 4.69) is 14.5 Å². The lowest BCUT2D eigenvalue weighted by molar-refractivity contribution is -0.286. The van der Waals surface area contributed by atoms with Gasteiger partial charge in [-0.2, -0.15) is 5.26 Å². The van der Waals surface area contributed by atoms with Crippen LogP contribution in [0.25, 0.3) is 11.1 Å². The highest BCUT2D eigenvalue weighted by molar-refractivity contribution is 6.28. The molecule has 0 saturated carbocycles. The number of nitrogens with one attached hydrogen (secondary N) is 1. The molecule has 8 heteroatoms. The zero-order valence-corrected chi connectivity index (χ0v) is 17.3. The highest BCUT2D eigenvalue weighted by Crippen LogP contribution is 2.47. The lowest BCUT2D eigenvalue weighted by atomic mass is 9.84. The lowest BCUT2D eigenvalue weighted by Gasteiger charge is -2.16. The number of alkyl halides is 2. The number of rotatable bonds is 1. The number of H-pyrrole nitrogens is 1. The maximum atomic E-state index is 13.0. The Morgan fingerprint density at radius 2 is 1.24 bits per heavy atom. The zero-order chi connectivity index (χ0) is 23.9. The third kappa shape index (κ3) is 3.49. The average Bonchev–Trinajstić information content (AvgIpc) is 3.45. The first-order valence-electron chi connectivity index (χ1n) is 10.1. The van der Waals surface area contributed by atoms with Crippen molar-refractivity contribution in [3.8, 4) is 28.7 Å². The number of nitrogens with zero attached hydrogens (tertiary/aromatic N) is 1. The van der Waals surface area contributed by atoms with Crippen LogP contribution in [0, 0.1) is 11.3 Å². The minimum absolute atomic E-state index is 0.0393. The fourth-order valence-electron chi connectivity index (χ4n) is 3.91. The number of carbonyl (C=O) groups excluding carboxylic acids is 2. The van der Waals surface area contributed by atoms with E-state index in [0.29, 0.717) is 38.9 Å². The first-order valence-corrected chi connectivity index (χ1v) is 10.1. The molecule has 6 rings (SSSR count). The fourth-order valence-corrected chi connectivity index (χ4v) is 3.91.